The molecule has 2 unspecified atom stereocenters. The lowest BCUT2D eigenvalue weighted by Gasteiger charge is -2.23. The number of carbonyl (C=O) groups excluding carboxylic acids is 2. The first kappa shape index (κ1) is 20.1. The molecule has 2 aromatic heterocycles. The van der Waals surface area contributed by atoms with Crippen molar-refractivity contribution in [3.05, 3.63) is 29.3 Å². The van der Waals surface area contributed by atoms with Crippen molar-refractivity contribution in [2.45, 2.75) is 58.5 Å². The van der Waals surface area contributed by atoms with Gasteiger partial charge in [0.2, 0.25) is 5.91 Å². The van der Waals surface area contributed by atoms with E-state index in [4.69, 9.17) is 9.26 Å². The molecule has 0 aromatic carbocycles. The van der Waals surface area contributed by atoms with Gasteiger partial charge in [-0.3, -0.25) is 9.89 Å². The van der Waals surface area contributed by atoms with Gasteiger partial charge in [-0.15, -0.1) is 0 Å². The van der Waals surface area contributed by atoms with Crippen LogP contribution in [0.3, 0.4) is 0 Å². The summed E-state index contributed by atoms with van der Waals surface area (Å²) in [5.74, 6) is 2.28. The van der Waals surface area contributed by atoms with Gasteiger partial charge < -0.3 is 19.5 Å². The molecule has 3 heterocycles. The molecule has 0 spiro atoms. The van der Waals surface area contributed by atoms with Gasteiger partial charge in [0.25, 0.3) is 0 Å². The van der Waals surface area contributed by atoms with Crippen LogP contribution in [0, 0.1) is 24.2 Å². The molecule has 31 heavy (non-hydrogen) atoms. The molecule has 2 aliphatic carbocycles. The average Bonchev–Trinajstić information content (AvgIpc) is 3.35. The average molecular weight is 428 g/mol. The Morgan fingerprint density at radius 3 is 2.77 bits per heavy atom. The summed E-state index contributed by atoms with van der Waals surface area (Å²) in [6.45, 7) is 8.02. The van der Waals surface area contributed by atoms with E-state index in [-0.39, 0.29) is 30.4 Å². The topological polar surface area (TPSA) is 113 Å². The van der Waals surface area contributed by atoms with Crippen LogP contribution in [0.25, 0.3) is 0 Å². The normalized spacial score (nSPS) is 28.4. The number of hydrogen-bond donors (Lipinski definition) is 2. The van der Waals surface area contributed by atoms with E-state index < -0.39 is 0 Å². The number of nitrogens with one attached hydrogen (secondary N) is 2. The van der Waals surface area contributed by atoms with Gasteiger partial charge in [0, 0.05) is 36.8 Å². The first-order valence-corrected chi connectivity index (χ1v) is 11.0. The Hall–Kier alpha value is -2.84. The maximum absolute atomic E-state index is 12.5. The number of piperidine rings is 1. The molecule has 1 aliphatic heterocycles. The Kier molecular flexibility index (Phi) is 4.79. The fraction of sp³-hybridized carbons (Fsp3) is 0.636. The predicted molar refractivity (Wildman–Crippen MR) is 111 cm³/mol. The Morgan fingerprint density at radius 1 is 1.29 bits per heavy atom. The maximum atomic E-state index is 12.5. The van der Waals surface area contributed by atoms with Gasteiger partial charge in [-0.25, -0.2) is 4.79 Å². The number of likely N-dealkylation sites (tertiary alicyclic amines) is 1. The van der Waals surface area contributed by atoms with E-state index in [1.54, 1.807) is 6.07 Å². The summed E-state index contributed by atoms with van der Waals surface area (Å²) in [6, 6.07) is 3.59. The van der Waals surface area contributed by atoms with Crippen LogP contribution in [0.15, 0.2) is 16.7 Å². The lowest BCUT2D eigenvalue weighted by atomic mass is 10.0. The number of anilines is 1. The second-order valence-corrected chi connectivity index (χ2v) is 9.82. The molecule has 0 radical (unpaired) electrons. The molecule has 9 heteroatoms. The fourth-order valence-corrected chi connectivity index (χ4v) is 5.28. The number of nitrogens with zero attached hydrogens (tertiary/aromatic N) is 3. The number of ether oxygens (including phenoxy) is 1. The van der Waals surface area contributed by atoms with Crippen LogP contribution < -0.4 is 5.32 Å². The van der Waals surface area contributed by atoms with Gasteiger partial charge in [-0.05, 0) is 43.4 Å². The summed E-state index contributed by atoms with van der Waals surface area (Å²) in [4.78, 5) is 26.6. The molecule has 9 nitrogen and oxygen atoms in total. The molecular weight excluding hydrogens is 398 g/mol. The van der Waals surface area contributed by atoms with Gasteiger partial charge in [0.1, 0.15) is 11.9 Å². The zero-order valence-corrected chi connectivity index (χ0v) is 18.2. The number of carbonyl (C=O) groups is 2. The number of H-pyrrole nitrogens is 1. The molecular formula is C22H29N5O4. The van der Waals surface area contributed by atoms with Gasteiger partial charge in [-0.1, -0.05) is 19.0 Å². The first-order chi connectivity index (χ1) is 14.8. The second kappa shape index (κ2) is 7.39. The van der Waals surface area contributed by atoms with Gasteiger partial charge >= 0.3 is 6.09 Å². The first-order valence-electron chi connectivity index (χ1n) is 11.0. The van der Waals surface area contributed by atoms with E-state index >= 15 is 0 Å². The lowest BCUT2D eigenvalue weighted by Crippen LogP contribution is -2.35. The van der Waals surface area contributed by atoms with Crippen molar-refractivity contribution in [3.8, 4) is 0 Å². The fourth-order valence-electron chi connectivity index (χ4n) is 5.28. The number of aromatic amines is 1. The van der Waals surface area contributed by atoms with Crippen molar-refractivity contribution in [3.63, 3.8) is 0 Å². The molecule has 4 atom stereocenters. The van der Waals surface area contributed by atoms with Crippen LogP contribution >= 0.6 is 0 Å². The van der Waals surface area contributed by atoms with Crippen LogP contribution in [-0.2, 0) is 16.0 Å². The quantitative estimate of drug-likeness (QED) is 0.757. The monoisotopic (exact) mass is 427 g/mol. The Bertz CT molecular complexity index is 982. The summed E-state index contributed by atoms with van der Waals surface area (Å²) in [5, 5.41) is 13.8. The molecule has 3 fully saturated rings. The zero-order chi connectivity index (χ0) is 21.8. The SMILES string of the molecule is Cc1cc(CC(=O)Nc2cc([C@H]3CC[C@@H](OC(=O)N4CC5C(C4)C5(C)C)C3)[nH]n2)on1. The summed E-state index contributed by atoms with van der Waals surface area (Å²) < 4.78 is 10.9. The number of aromatic nitrogens is 3. The molecule has 5 rings (SSSR count). The van der Waals surface area contributed by atoms with Gasteiger partial charge in [0.05, 0.1) is 12.1 Å². The molecule has 2 N–H and O–H groups in total. The van der Waals surface area contributed by atoms with E-state index in [9.17, 15) is 9.59 Å². The minimum Gasteiger partial charge on any atom is -0.446 e. The van der Waals surface area contributed by atoms with E-state index in [1.165, 1.54) is 0 Å². The molecule has 0 bridgehead atoms. The van der Waals surface area contributed by atoms with Crippen LogP contribution in [0.1, 0.15) is 56.2 Å². The zero-order valence-electron chi connectivity index (χ0n) is 18.2. The van der Waals surface area contributed by atoms with E-state index in [2.05, 4.69) is 34.5 Å². The lowest BCUT2D eigenvalue weighted by molar-refractivity contribution is -0.115. The van der Waals surface area contributed by atoms with E-state index in [1.807, 2.05) is 17.9 Å². The highest BCUT2D eigenvalue weighted by atomic mass is 16.6. The summed E-state index contributed by atoms with van der Waals surface area (Å²) in [6.07, 6.45) is 2.40. The molecule has 2 saturated carbocycles. The Balaban J connectivity index is 1.09. The third-order valence-corrected chi connectivity index (χ3v) is 7.35. The van der Waals surface area contributed by atoms with Crippen LogP contribution in [-0.4, -0.2) is 51.4 Å². The van der Waals surface area contributed by atoms with Gasteiger partial charge in [-0.2, -0.15) is 5.10 Å². The molecule has 2 aromatic rings. The van der Waals surface area contributed by atoms with Gasteiger partial charge in [0.15, 0.2) is 5.82 Å². The van der Waals surface area contributed by atoms with E-state index in [0.29, 0.717) is 28.8 Å². The highest BCUT2D eigenvalue weighted by Crippen LogP contribution is 2.62. The molecule has 166 valence electrons. The second-order valence-electron chi connectivity index (χ2n) is 9.82. The van der Waals surface area contributed by atoms with Crippen LogP contribution in [0.2, 0.25) is 0 Å². The summed E-state index contributed by atoms with van der Waals surface area (Å²) >= 11 is 0. The standard InChI is InChI=1S/C22H29N5O4/c1-12-6-15(31-26-12)8-20(28)23-19-9-18(24-25-19)13-4-5-14(7-13)30-21(29)27-10-16-17(11-27)22(16,2)3/h6,9,13-14,16-17H,4-5,7-8,10-11H2,1-3H3,(H2,23,24,25,28)/t13-,14+,16?,17?/m0/s1. The van der Waals surface area contributed by atoms with E-state index in [0.717, 1.165) is 43.7 Å². The summed E-state index contributed by atoms with van der Waals surface area (Å²) in [7, 11) is 0. The highest BCUT2D eigenvalue weighted by Gasteiger charge is 2.63. The highest BCUT2D eigenvalue weighted by molar-refractivity contribution is 5.91. The Labute approximate surface area is 180 Å². The minimum atomic E-state index is -0.209. The predicted octanol–water partition coefficient (Wildman–Crippen LogP) is 3.25. The number of rotatable bonds is 5. The maximum Gasteiger partial charge on any atom is 0.410 e. The number of fused-ring (bicyclic) bond motifs is 1. The molecule has 1 saturated heterocycles. The number of aryl methyl sites for hydroxylation is 1. The van der Waals surface area contributed by atoms with Crippen molar-refractivity contribution < 1.29 is 18.8 Å². The number of hydrogen-bond acceptors (Lipinski definition) is 6. The smallest absolute Gasteiger partial charge is 0.410 e. The van der Waals surface area contributed by atoms with Crippen molar-refractivity contribution in [1.82, 2.24) is 20.3 Å². The van der Waals surface area contributed by atoms with Crippen molar-refractivity contribution in [2.24, 2.45) is 17.3 Å². The number of amides is 2. The molecule has 3 aliphatic rings. The molecule has 2 amide bonds. The summed E-state index contributed by atoms with van der Waals surface area (Å²) in [5.41, 5.74) is 2.08. The van der Waals surface area contributed by atoms with Crippen molar-refractivity contribution in [2.75, 3.05) is 18.4 Å². The third kappa shape index (κ3) is 3.93. The van der Waals surface area contributed by atoms with Crippen LogP contribution in [0.5, 0.6) is 0 Å². The largest absolute Gasteiger partial charge is 0.446 e. The minimum absolute atomic E-state index is 0.0709. The van der Waals surface area contributed by atoms with Crippen LogP contribution in [0.4, 0.5) is 10.6 Å². The van der Waals surface area contributed by atoms with Crippen molar-refractivity contribution in [1.29, 1.82) is 0 Å². The third-order valence-electron chi connectivity index (χ3n) is 7.35. The van der Waals surface area contributed by atoms with Crippen molar-refractivity contribution >= 4 is 17.8 Å². The Morgan fingerprint density at radius 2 is 2.06 bits per heavy atom.